The first-order chi connectivity index (χ1) is 20.9. The van der Waals surface area contributed by atoms with Crippen molar-refractivity contribution >= 4 is 17.8 Å². The van der Waals surface area contributed by atoms with Crippen LogP contribution in [0.25, 0.3) is 16.9 Å². The fourth-order valence-corrected chi connectivity index (χ4v) is 3.98. The van der Waals surface area contributed by atoms with Gasteiger partial charge in [0.15, 0.2) is 0 Å². The molecule has 45 heavy (non-hydrogen) atoms. The summed E-state index contributed by atoms with van der Waals surface area (Å²) in [7, 11) is 0. The number of ether oxygens (including phenoxy) is 2. The Hall–Kier alpha value is -3.39. The van der Waals surface area contributed by atoms with Crippen LogP contribution in [0.2, 0.25) is 0 Å². The molecule has 0 fully saturated rings. The van der Waals surface area contributed by atoms with Crippen molar-refractivity contribution in [1.29, 1.82) is 0 Å². The van der Waals surface area contributed by atoms with Gasteiger partial charge >= 0.3 is 33.0 Å². The molecule has 1 unspecified atom stereocenters. The van der Waals surface area contributed by atoms with Crippen LogP contribution in [0.3, 0.4) is 0 Å². The summed E-state index contributed by atoms with van der Waals surface area (Å²) in [5.41, 5.74) is 15.3. The van der Waals surface area contributed by atoms with E-state index in [1.165, 1.54) is 0 Å². The number of rotatable bonds is 14. The predicted molar refractivity (Wildman–Crippen MR) is 177 cm³/mol. The Kier molecular flexibility index (Phi) is 26.2. The number of carbonyl (C=O) groups is 3. The Morgan fingerprint density at radius 3 is 2.02 bits per heavy atom. The minimum Gasteiger partial charge on any atom is -0.676 e. The quantitative estimate of drug-likeness (QED) is 0.143. The number of pyridine rings is 1. The topological polar surface area (TPSA) is 144 Å². The second-order valence-electron chi connectivity index (χ2n) is 9.48. The normalized spacial score (nSPS) is 10.9. The molecule has 0 spiro atoms. The molecule has 0 aliphatic rings. The number of nitrogens with two attached hydrogens (primary N) is 1. The zero-order valence-corrected chi connectivity index (χ0v) is 29.5. The predicted octanol–water partition coefficient (Wildman–Crippen LogP) is 6.36. The number of nitrogens with zero attached hydrogens (tertiary/aromatic N) is 1. The minimum absolute atomic E-state index is 0. The van der Waals surface area contributed by atoms with Crippen molar-refractivity contribution in [3.05, 3.63) is 103 Å². The van der Waals surface area contributed by atoms with E-state index in [4.69, 9.17) is 20.9 Å². The van der Waals surface area contributed by atoms with Crippen LogP contribution in [0, 0.1) is 13.3 Å². The first-order valence-electron chi connectivity index (χ1n) is 14.9. The van der Waals surface area contributed by atoms with Gasteiger partial charge in [0.2, 0.25) is 5.91 Å². The summed E-state index contributed by atoms with van der Waals surface area (Å²) in [5, 5.41) is 3.01. The number of amides is 1. The third-order valence-corrected chi connectivity index (χ3v) is 6.09. The van der Waals surface area contributed by atoms with E-state index in [1.54, 1.807) is 38.4 Å². The third kappa shape index (κ3) is 18.9. The molecule has 0 bridgehead atoms. The molecule has 0 aliphatic heterocycles. The standard InChI is InChI=1S/C30H34N2O5.C2H7N2.C2H6.CH3.Pt/c1-3-36-30(35)22(2)19-27(20-23-9-11-26(12-10-23)25-7-5-4-6-8-25)32-28(33)13-14-29(34)37-21-24-15-17-31-18-16-24;3-1-2-4;1-2;;/h4-12,15-18,22,27H,3,13-14,19-21H2,1-2H3,(H,32,33);3H,1-2,4H2;1-2H3;1H3;/q;-1;;-1;+2/t22?,27-;;;;/m0..../s1. The molecule has 250 valence electrons. The van der Waals surface area contributed by atoms with Crippen LogP contribution in [0.5, 0.6) is 0 Å². The van der Waals surface area contributed by atoms with Gasteiger partial charge in [-0.25, -0.2) is 0 Å². The van der Waals surface area contributed by atoms with Crippen LogP contribution in [-0.4, -0.2) is 48.6 Å². The minimum atomic E-state index is -0.445. The summed E-state index contributed by atoms with van der Waals surface area (Å²) in [6.07, 6.45) is 4.22. The molecule has 1 heterocycles. The van der Waals surface area contributed by atoms with Crippen LogP contribution >= 0.6 is 0 Å². The van der Waals surface area contributed by atoms with Crippen LogP contribution in [-0.2, 0) is 58.0 Å². The summed E-state index contributed by atoms with van der Waals surface area (Å²) in [5.74, 6) is -1.37. The zero-order chi connectivity index (χ0) is 31.9. The summed E-state index contributed by atoms with van der Waals surface area (Å²) in [4.78, 5) is 41.0. The molecule has 2 aromatic carbocycles. The van der Waals surface area contributed by atoms with E-state index in [-0.39, 0.29) is 71.8 Å². The Morgan fingerprint density at radius 1 is 0.889 bits per heavy atom. The number of benzene rings is 2. The van der Waals surface area contributed by atoms with Gasteiger partial charge in [-0.2, -0.15) is 0 Å². The summed E-state index contributed by atoms with van der Waals surface area (Å²) in [6, 6.07) is 21.5. The molecule has 3 aromatic rings. The van der Waals surface area contributed by atoms with Gasteiger partial charge in [-0.05, 0) is 60.7 Å². The number of aromatic nitrogens is 1. The third-order valence-electron chi connectivity index (χ3n) is 6.09. The number of hydrogen-bond acceptors (Lipinski definition) is 7. The molecule has 0 radical (unpaired) electrons. The number of carbonyl (C=O) groups excluding carboxylic acids is 3. The average molecular weight is 802 g/mol. The summed E-state index contributed by atoms with van der Waals surface area (Å²) < 4.78 is 10.4. The molecule has 1 amide bonds. The van der Waals surface area contributed by atoms with Gasteiger partial charge in [0.05, 0.1) is 18.9 Å². The van der Waals surface area contributed by atoms with Crippen molar-refractivity contribution in [1.82, 2.24) is 10.3 Å². The van der Waals surface area contributed by atoms with Crippen molar-refractivity contribution in [2.75, 3.05) is 19.7 Å². The van der Waals surface area contributed by atoms with E-state index < -0.39 is 5.97 Å². The van der Waals surface area contributed by atoms with Crippen molar-refractivity contribution in [3.63, 3.8) is 0 Å². The average Bonchev–Trinajstić information content (AvgIpc) is 3.05. The number of esters is 2. The molecule has 2 atom stereocenters. The van der Waals surface area contributed by atoms with Crippen LogP contribution in [0.1, 0.15) is 58.1 Å². The molecule has 0 aliphatic carbocycles. The van der Waals surface area contributed by atoms with Crippen molar-refractivity contribution in [2.24, 2.45) is 11.7 Å². The van der Waals surface area contributed by atoms with Gasteiger partial charge in [-0.1, -0.05) is 75.4 Å². The molecule has 10 heteroatoms. The monoisotopic (exact) mass is 801 g/mol. The molecular weight excluding hydrogens is 751 g/mol. The van der Waals surface area contributed by atoms with Crippen LogP contribution in [0.15, 0.2) is 79.1 Å². The maximum absolute atomic E-state index is 12.7. The van der Waals surface area contributed by atoms with Gasteiger partial charge < -0.3 is 33.7 Å². The molecule has 0 saturated carbocycles. The summed E-state index contributed by atoms with van der Waals surface area (Å²) in [6.45, 7) is 8.85. The van der Waals surface area contributed by atoms with Crippen molar-refractivity contribution in [2.45, 2.75) is 66.0 Å². The van der Waals surface area contributed by atoms with Gasteiger partial charge in [0, 0.05) is 24.9 Å². The molecular formula is C35H50N4O5Pt. The largest absolute Gasteiger partial charge is 2.00 e. The molecule has 3 rings (SSSR count). The first-order valence-corrected chi connectivity index (χ1v) is 14.9. The fraction of sp³-hybridized carbons (Fsp3) is 0.400. The Labute approximate surface area is 284 Å². The maximum atomic E-state index is 12.7. The van der Waals surface area contributed by atoms with Gasteiger partial charge in [-0.15, -0.1) is 6.54 Å². The molecule has 4 N–H and O–H groups in total. The molecule has 0 saturated heterocycles. The molecule has 9 nitrogen and oxygen atoms in total. The second-order valence-corrected chi connectivity index (χ2v) is 9.48. The van der Waals surface area contributed by atoms with E-state index in [9.17, 15) is 14.4 Å². The number of hydrogen-bond donors (Lipinski definition) is 2. The van der Waals surface area contributed by atoms with Crippen LogP contribution in [0.4, 0.5) is 0 Å². The van der Waals surface area contributed by atoms with E-state index in [2.05, 4.69) is 34.6 Å². The van der Waals surface area contributed by atoms with Crippen molar-refractivity contribution < 1.29 is 44.9 Å². The SMILES string of the molecule is CC.CCOC(=O)C(C)C[C@@H](Cc1ccc(-c2ccccc2)cc1)NC(=O)CCC(=O)OCc1ccncc1.[CH3-].[NH-]CCN.[Pt+2]. The number of nitrogens with one attached hydrogen (secondary N) is 2. The van der Waals surface area contributed by atoms with E-state index >= 15 is 0 Å². The molecule has 1 aromatic heterocycles. The Balaban J connectivity index is 0. The summed E-state index contributed by atoms with van der Waals surface area (Å²) >= 11 is 0. The zero-order valence-electron chi connectivity index (χ0n) is 27.2. The fourth-order valence-electron chi connectivity index (χ4n) is 3.98. The maximum Gasteiger partial charge on any atom is 2.00 e. The van der Waals surface area contributed by atoms with Gasteiger partial charge in [-0.3, -0.25) is 19.4 Å². The van der Waals surface area contributed by atoms with Gasteiger partial charge in [0.1, 0.15) is 6.61 Å². The first kappa shape index (κ1) is 43.7. The van der Waals surface area contributed by atoms with Crippen molar-refractivity contribution in [3.8, 4) is 11.1 Å². The van der Waals surface area contributed by atoms with Crippen LogP contribution < -0.4 is 11.1 Å². The van der Waals surface area contributed by atoms with Gasteiger partial charge in [0.25, 0.3) is 0 Å². The van der Waals surface area contributed by atoms with E-state index in [0.29, 0.717) is 32.5 Å². The smallest absolute Gasteiger partial charge is 0.676 e. The van der Waals surface area contributed by atoms with E-state index in [0.717, 1.165) is 22.3 Å². The Bertz CT molecular complexity index is 1180. The second kappa shape index (κ2) is 27.0. The Morgan fingerprint density at radius 2 is 1.47 bits per heavy atom. The van der Waals surface area contributed by atoms with E-state index in [1.807, 2.05) is 44.2 Å².